The van der Waals surface area contributed by atoms with E-state index in [2.05, 4.69) is 5.10 Å². The first kappa shape index (κ1) is 13.3. The summed E-state index contributed by atoms with van der Waals surface area (Å²) in [4.78, 5) is 11.7. The Morgan fingerprint density at radius 3 is 2.37 bits per heavy atom. The molecular formula is C12H13N3O3S. The molecule has 1 heterocycles. The highest BCUT2D eigenvalue weighted by atomic mass is 32.2. The van der Waals surface area contributed by atoms with Gasteiger partial charge in [0.2, 0.25) is 9.84 Å². The molecule has 0 atom stereocenters. The minimum atomic E-state index is -3.56. The zero-order valence-electron chi connectivity index (χ0n) is 10.5. The molecule has 0 amide bonds. The number of aryl methyl sites for hydroxylation is 2. The van der Waals surface area contributed by atoms with Gasteiger partial charge >= 0.3 is 5.69 Å². The minimum absolute atomic E-state index is 0.186. The summed E-state index contributed by atoms with van der Waals surface area (Å²) in [5, 5.41) is 4.71. The average Bonchev–Trinajstić information content (AvgIpc) is 2.68. The summed E-state index contributed by atoms with van der Waals surface area (Å²) in [5.41, 5.74) is 0.571. The predicted molar refractivity (Wildman–Crippen MR) is 71.2 cm³/mol. The highest BCUT2D eigenvalue weighted by Crippen LogP contribution is 2.13. The van der Waals surface area contributed by atoms with E-state index in [-0.39, 0.29) is 4.90 Å². The van der Waals surface area contributed by atoms with Crippen LogP contribution in [0.15, 0.2) is 45.7 Å². The van der Waals surface area contributed by atoms with Crippen molar-refractivity contribution in [3.63, 3.8) is 0 Å². The van der Waals surface area contributed by atoms with Crippen LogP contribution in [0.5, 0.6) is 0 Å². The van der Waals surface area contributed by atoms with Crippen LogP contribution in [0.1, 0.15) is 5.56 Å². The van der Waals surface area contributed by atoms with Crippen LogP contribution in [0.2, 0.25) is 0 Å². The Morgan fingerprint density at radius 2 is 1.84 bits per heavy atom. The molecule has 6 nitrogen and oxygen atoms in total. The monoisotopic (exact) mass is 279 g/mol. The van der Waals surface area contributed by atoms with Crippen LogP contribution in [0, 0.1) is 6.92 Å². The van der Waals surface area contributed by atoms with Gasteiger partial charge < -0.3 is 0 Å². The molecule has 7 heteroatoms. The Balaban J connectivity index is 2.34. The van der Waals surface area contributed by atoms with Gasteiger partial charge in [-0.2, -0.15) is 5.10 Å². The lowest BCUT2D eigenvalue weighted by Gasteiger charge is -1.99. The molecule has 0 bridgehead atoms. The summed E-state index contributed by atoms with van der Waals surface area (Å²) in [6.07, 6.45) is 2.44. The molecule has 2 rings (SSSR count). The van der Waals surface area contributed by atoms with Crippen molar-refractivity contribution < 1.29 is 8.42 Å². The normalized spacial score (nSPS) is 12.1. The third-order valence-electron chi connectivity index (χ3n) is 2.60. The maximum atomic E-state index is 12.0. The van der Waals surface area contributed by atoms with Crippen LogP contribution in [0.3, 0.4) is 0 Å². The zero-order valence-corrected chi connectivity index (χ0v) is 11.3. The molecule has 0 aliphatic heterocycles. The van der Waals surface area contributed by atoms with Crippen molar-refractivity contribution >= 4 is 16.0 Å². The highest BCUT2D eigenvalue weighted by molar-refractivity contribution is 7.94. The van der Waals surface area contributed by atoms with Crippen LogP contribution in [-0.2, 0) is 16.9 Å². The SMILES string of the molecule is Cc1ccc(S(=O)(=O)/C=C/n2cnn(C)c2=O)cc1. The Labute approximate surface area is 110 Å². The maximum Gasteiger partial charge on any atom is 0.349 e. The fourth-order valence-electron chi connectivity index (χ4n) is 1.45. The lowest BCUT2D eigenvalue weighted by Crippen LogP contribution is -2.19. The molecule has 0 saturated carbocycles. The van der Waals surface area contributed by atoms with Gasteiger partial charge in [0.05, 0.1) is 10.3 Å². The first-order valence-corrected chi connectivity index (χ1v) is 7.05. The number of aromatic nitrogens is 3. The molecular weight excluding hydrogens is 266 g/mol. The predicted octanol–water partition coefficient (Wildman–Crippen LogP) is 0.792. The molecule has 100 valence electrons. The summed E-state index contributed by atoms with van der Waals surface area (Å²) in [6.45, 7) is 1.88. The first-order valence-electron chi connectivity index (χ1n) is 5.50. The van der Waals surface area contributed by atoms with Crippen LogP contribution in [-0.4, -0.2) is 22.8 Å². The topological polar surface area (TPSA) is 74.0 Å². The van der Waals surface area contributed by atoms with E-state index in [9.17, 15) is 13.2 Å². The van der Waals surface area contributed by atoms with Crippen molar-refractivity contribution in [2.75, 3.05) is 0 Å². The standard InChI is InChI=1S/C12H13N3O3S/c1-10-3-5-11(6-4-10)19(17,18)8-7-15-9-13-14(2)12(15)16/h3-9H,1-2H3/b8-7+. The lowest BCUT2D eigenvalue weighted by atomic mass is 10.2. The molecule has 1 aromatic heterocycles. The van der Waals surface area contributed by atoms with Gasteiger partial charge in [-0.25, -0.2) is 17.9 Å². The van der Waals surface area contributed by atoms with Gasteiger partial charge in [-0.1, -0.05) is 17.7 Å². The van der Waals surface area contributed by atoms with Gasteiger partial charge in [-0.3, -0.25) is 4.57 Å². The molecule has 0 fully saturated rings. The second kappa shape index (κ2) is 4.85. The van der Waals surface area contributed by atoms with E-state index in [0.29, 0.717) is 0 Å². The lowest BCUT2D eigenvalue weighted by molar-refractivity contribution is 0.604. The molecule has 2 aromatic rings. The molecule has 0 spiro atoms. The third-order valence-corrected chi connectivity index (χ3v) is 4.01. The number of sulfone groups is 1. The quantitative estimate of drug-likeness (QED) is 0.832. The Bertz CT molecular complexity index is 767. The number of benzene rings is 1. The first-order chi connectivity index (χ1) is 8.90. The van der Waals surface area contributed by atoms with Crippen LogP contribution < -0.4 is 5.69 Å². The van der Waals surface area contributed by atoms with E-state index in [1.165, 1.54) is 31.7 Å². The third kappa shape index (κ3) is 2.82. The summed E-state index contributed by atoms with van der Waals surface area (Å²) in [5.74, 6) is 0. The smallest absolute Gasteiger partial charge is 0.256 e. The molecule has 0 aliphatic rings. The fourth-order valence-corrected chi connectivity index (χ4v) is 2.42. The van der Waals surface area contributed by atoms with Gasteiger partial charge in [0.1, 0.15) is 6.33 Å². The van der Waals surface area contributed by atoms with Crippen molar-refractivity contribution in [1.29, 1.82) is 0 Å². The van der Waals surface area contributed by atoms with Crippen molar-refractivity contribution in [2.24, 2.45) is 7.05 Å². The van der Waals surface area contributed by atoms with Gasteiger partial charge in [0.25, 0.3) is 0 Å². The number of rotatable bonds is 3. The van der Waals surface area contributed by atoms with E-state index in [1.807, 2.05) is 6.92 Å². The Morgan fingerprint density at radius 1 is 1.21 bits per heavy atom. The van der Waals surface area contributed by atoms with Crippen LogP contribution >= 0.6 is 0 Å². The van der Waals surface area contributed by atoms with Crippen molar-refractivity contribution in [2.45, 2.75) is 11.8 Å². The zero-order chi connectivity index (χ0) is 14.0. The van der Waals surface area contributed by atoms with E-state index >= 15 is 0 Å². The Kier molecular flexibility index (Phi) is 3.39. The van der Waals surface area contributed by atoms with E-state index in [1.54, 1.807) is 12.1 Å². The second-order valence-corrected chi connectivity index (χ2v) is 5.92. The summed E-state index contributed by atoms with van der Waals surface area (Å²) in [7, 11) is -2.07. The van der Waals surface area contributed by atoms with Crippen molar-refractivity contribution in [3.8, 4) is 0 Å². The largest absolute Gasteiger partial charge is 0.349 e. The molecule has 0 aliphatic carbocycles. The number of hydrogen-bond donors (Lipinski definition) is 0. The maximum absolute atomic E-state index is 12.0. The van der Waals surface area contributed by atoms with Crippen LogP contribution in [0.25, 0.3) is 6.20 Å². The van der Waals surface area contributed by atoms with Crippen molar-refractivity contribution in [3.05, 3.63) is 52.0 Å². The summed E-state index contributed by atoms with van der Waals surface area (Å²) in [6, 6.07) is 6.50. The molecule has 0 unspecified atom stereocenters. The number of nitrogens with zero attached hydrogens (tertiary/aromatic N) is 3. The van der Waals surface area contributed by atoms with Gasteiger partial charge in [-0.05, 0) is 19.1 Å². The summed E-state index contributed by atoms with van der Waals surface area (Å²) >= 11 is 0. The van der Waals surface area contributed by atoms with Crippen molar-refractivity contribution in [1.82, 2.24) is 14.3 Å². The number of hydrogen-bond acceptors (Lipinski definition) is 4. The van der Waals surface area contributed by atoms with E-state index in [0.717, 1.165) is 20.2 Å². The minimum Gasteiger partial charge on any atom is -0.256 e. The molecule has 19 heavy (non-hydrogen) atoms. The Hall–Kier alpha value is -2.15. The molecule has 0 N–H and O–H groups in total. The molecule has 0 radical (unpaired) electrons. The van der Waals surface area contributed by atoms with E-state index in [4.69, 9.17) is 0 Å². The van der Waals surface area contributed by atoms with Crippen LogP contribution in [0.4, 0.5) is 0 Å². The van der Waals surface area contributed by atoms with Gasteiger partial charge in [0.15, 0.2) is 0 Å². The summed E-state index contributed by atoms with van der Waals surface area (Å²) < 4.78 is 26.2. The average molecular weight is 279 g/mol. The highest BCUT2D eigenvalue weighted by Gasteiger charge is 2.10. The van der Waals surface area contributed by atoms with Gasteiger partial charge in [0, 0.05) is 13.2 Å². The second-order valence-electron chi connectivity index (χ2n) is 4.09. The molecule has 1 aromatic carbocycles. The van der Waals surface area contributed by atoms with E-state index < -0.39 is 15.5 Å². The molecule has 0 saturated heterocycles. The van der Waals surface area contributed by atoms with Gasteiger partial charge in [-0.15, -0.1) is 0 Å². The fraction of sp³-hybridized carbons (Fsp3) is 0.167.